The van der Waals surface area contributed by atoms with Crippen molar-refractivity contribution in [3.05, 3.63) is 63.1 Å². The maximum absolute atomic E-state index is 12.4. The number of benzene rings is 1. The van der Waals surface area contributed by atoms with Gasteiger partial charge in [-0.1, -0.05) is 30.3 Å². The van der Waals surface area contributed by atoms with Gasteiger partial charge in [0.25, 0.3) is 5.56 Å². The lowest BCUT2D eigenvalue weighted by molar-refractivity contribution is 0.174. The van der Waals surface area contributed by atoms with E-state index in [0.717, 1.165) is 16.6 Å². The summed E-state index contributed by atoms with van der Waals surface area (Å²) in [6, 6.07) is 9.50. The Bertz CT molecular complexity index is 1000. The molecule has 3 rings (SSSR count). The molecule has 2 N–H and O–H groups in total. The average molecular weight is 357 g/mol. The van der Waals surface area contributed by atoms with Crippen LogP contribution in [0.25, 0.3) is 11.2 Å². The number of aryl methyl sites for hydroxylation is 2. The monoisotopic (exact) mass is 357 g/mol. The number of nitrogens with one attached hydrogen (secondary N) is 1. The zero-order chi connectivity index (χ0) is 18.7. The molecule has 26 heavy (non-hydrogen) atoms. The van der Waals surface area contributed by atoms with Crippen molar-refractivity contribution < 1.29 is 5.11 Å². The molecule has 0 fully saturated rings. The standard InChI is InChI=1S/C18H23N5O3/c1-21-16-15(17(25)22(2)18(21)26)23(12-20-16)10-6-9-19-11-14(24)13-7-4-3-5-8-13/h3-5,7-8,12,14,19,24H,6,9-11H2,1-2H3. The number of nitrogens with zero attached hydrogens (tertiary/aromatic N) is 4. The third-order valence-corrected chi connectivity index (χ3v) is 4.49. The number of hydrogen-bond donors (Lipinski definition) is 2. The van der Waals surface area contributed by atoms with E-state index in [0.29, 0.717) is 30.8 Å². The van der Waals surface area contributed by atoms with E-state index in [1.807, 2.05) is 30.3 Å². The maximum Gasteiger partial charge on any atom is 0.332 e. The lowest BCUT2D eigenvalue weighted by Crippen LogP contribution is -2.37. The highest BCUT2D eigenvalue weighted by molar-refractivity contribution is 5.69. The van der Waals surface area contributed by atoms with Crippen LogP contribution in [0.15, 0.2) is 46.2 Å². The first-order valence-corrected chi connectivity index (χ1v) is 8.55. The van der Waals surface area contributed by atoms with Crippen molar-refractivity contribution in [1.82, 2.24) is 24.0 Å². The van der Waals surface area contributed by atoms with E-state index in [4.69, 9.17) is 0 Å². The Hall–Kier alpha value is -2.71. The summed E-state index contributed by atoms with van der Waals surface area (Å²) >= 11 is 0. The van der Waals surface area contributed by atoms with E-state index in [-0.39, 0.29) is 11.2 Å². The minimum Gasteiger partial charge on any atom is -0.387 e. The topological polar surface area (TPSA) is 94.1 Å². The highest BCUT2D eigenvalue weighted by Gasteiger charge is 2.13. The van der Waals surface area contributed by atoms with E-state index in [1.54, 1.807) is 17.9 Å². The van der Waals surface area contributed by atoms with Crippen molar-refractivity contribution in [3.8, 4) is 0 Å². The van der Waals surface area contributed by atoms with Gasteiger partial charge >= 0.3 is 5.69 Å². The Kier molecular flexibility index (Phi) is 5.34. The largest absolute Gasteiger partial charge is 0.387 e. The van der Waals surface area contributed by atoms with Crippen molar-refractivity contribution in [1.29, 1.82) is 0 Å². The van der Waals surface area contributed by atoms with Gasteiger partial charge in [-0.05, 0) is 18.5 Å². The Morgan fingerprint density at radius 3 is 2.62 bits per heavy atom. The van der Waals surface area contributed by atoms with Crippen LogP contribution in [0.4, 0.5) is 0 Å². The van der Waals surface area contributed by atoms with Gasteiger partial charge in [0, 0.05) is 27.2 Å². The number of aromatic nitrogens is 4. The second-order valence-electron chi connectivity index (χ2n) is 6.30. The molecule has 2 aromatic heterocycles. The van der Waals surface area contributed by atoms with Crippen LogP contribution in [0.1, 0.15) is 18.1 Å². The Morgan fingerprint density at radius 1 is 1.15 bits per heavy atom. The molecule has 0 aliphatic carbocycles. The number of aliphatic hydroxyl groups excluding tert-OH is 1. The minimum atomic E-state index is -0.549. The van der Waals surface area contributed by atoms with Crippen molar-refractivity contribution in [3.63, 3.8) is 0 Å². The van der Waals surface area contributed by atoms with Gasteiger partial charge in [0.2, 0.25) is 0 Å². The van der Waals surface area contributed by atoms with Crippen LogP contribution in [-0.4, -0.2) is 36.9 Å². The Labute approximate surface area is 150 Å². The molecule has 0 bridgehead atoms. The average Bonchev–Trinajstić information content (AvgIpc) is 3.09. The van der Waals surface area contributed by atoms with Crippen LogP contribution in [0, 0.1) is 0 Å². The molecule has 0 saturated carbocycles. The Balaban J connectivity index is 1.59. The molecule has 3 aromatic rings. The smallest absolute Gasteiger partial charge is 0.332 e. The number of hydrogen-bond acceptors (Lipinski definition) is 5. The first kappa shape index (κ1) is 18.1. The normalized spacial score (nSPS) is 12.6. The van der Waals surface area contributed by atoms with Crippen molar-refractivity contribution in [2.24, 2.45) is 14.1 Å². The maximum atomic E-state index is 12.4. The minimum absolute atomic E-state index is 0.340. The second-order valence-corrected chi connectivity index (χ2v) is 6.30. The Morgan fingerprint density at radius 2 is 1.88 bits per heavy atom. The van der Waals surface area contributed by atoms with Crippen LogP contribution in [-0.2, 0) is 20.6 Å². The second kappa shape index (κ2) is 7.67. The molecule has 0 saturated heterocycles. The van der Waals surface area contributed by atoms with Gasteiger partial charge in [0.05, 0.1) is 12.4 Å². The molecule has 8 heteroatoms. The van der Waals surface area contributed by atoms with Crippen molar-refractivity contribution >= 4 is 11.2 Å². The van der Waals surface area contributed by atoms with E-state index >= 15 is 0 Å². The van der Waals surface area contributed by atoms with Crippen LogP contribution >= 0.6 is 0 Å². The summed E-state index contributed by atoms with van der Waals surface area (Å²) in [6.45, 7) is 1.75. The predicted octanol–water partition coefficient (Wildman–Crippen LogP) is 0.147. The number of imidazole rings is 1. The van der Waals surface area contributed by atoms with Gasteiger partial charge in [-0.15, -0.1) is 0 Å². The molecular formula is C18H23N5O3. The zero-order valence-electron chi connectivity index (χ0n) is 14.9. The fourth-order valence-electron chi connectivity index (χ4n) is 2.97. The number of aliphatic hydroxyl groups is 1. The highest BCUT2D eigenvalue weighted by atomic mass is 16.3. The van der Waals surface area contributed by atoms with Gasteiger partial charge in [-0.3, -0.25) is 13.9 Å². The number of rotatable bonds is 7. The molecule has 1 aromatic carbocycles. The molecule has 0 aliphatic heterocycles. The summed E-state index contributed by atoms with van der Waals surface area (Å²) in [6.07, 6.45) is 1.80. The summed E-state index contributed by atoms with van der Waals surface area (Å²) < 4.78 is 4.24. The van der Waals surface area contributed by atoms with E-state index in [1.165, 1.54) is 11.6 Å². The van der Waals surface area contributed by atoms with Gasteiger partial charge in [0.15, 0.2) is 11.2 Å². The molecule has 0 radical (unpaired) electrons. The summed E-state index contributed by atoms with van der Waals surface area (Å²) in [5, 5.41) is 13.3. The van der Waals surface area contributed by atoms with Crippen LogP contribution in [0.5, 0.6) is 0 Å². The van der Waals surface area contributed by atoms with Crippen LogP contribution in [0.3, 0.4) is 0 Å². The summed E-state index contributed by atoms with van der Waals surface area (Å²) in [5.41, 5.74) is 0.979. The molecular weight excluding hydrogens is 334 g/mol. The highest BCUT2D eigenvalue weighted by Crippen LogP contribution is 2.10. The third kappa shape index (κ3) is 3.47. The SMILES string of the molecule is Cn1c(=O)c2c(ncn2CCCNCC(O)c2ccccc2)n(C)c1=O. The summed E-state index contributed by atoms with van der Waals surface area (Å²) in [5.74, 6) is 0. The summed E-state index contributed by atoms with van der Waals surface area (Å²) in [7, 11) is 3.07. The fourth-order valence-corrected chi connectivity index (χ4v) is 2.97. The van der Waals surface area contributed by atoms with Gasteiger partial charge in [0.1, 0.15) is 0 Å². The molecule has 2 heterocycles. The molecule has 0 aliphatic rings. The first-order valence-electron chi connectivity index (χ1n) is 8.55. The van der Waals surface area contributed by atoms with Gasteiger partial charge < -0.3 is 15.0 Å². The van der Waals surface area contributed by atoms with E-state index in [2.05, 4.69) is 10.3 Å². The summed E-state index contributed by atoms with van der Waals surface area (Å²) in [4.78, 5) is 28.5. The van der Waals surface area contributed by atoms with E-state index < -0.39 is 6.10 Å². The van der Waals surface area contributed by atoms with E-state index in [9.17, 15) is 14.7 Å². The molecule has 0 spiro atoms. The third-order valence-electron chi connectivity index (χ3n) is 4.49. The van der Waals surface area contributed by atoms with Crippen LogP contribution < -0.4 is 16.6 Å². The molecule has 1 atom stereocenters. The zero-order valence-corrected chi connectivity index (χ0v) is 14.9. The molecule has 0 amide bonds. The van der Waals surface area contributed by atoms with Crippen molar-refractivity contribution in [2.75, 3.05) is 13.1 Å². The first-order chi connectivity index (χ1) is 12.5. The van der Waals surface area contributed by atoms with Gasteiger partial charge in [-0.2, -0.15) is 0 Å². The molecule has 1 unspecified atom stereocenters. The fraction of sp³-hybridized carbons (Fsp3) is 0.389. The molecule has 8 nitrogen and oxygen atoms in total. The lowest BCUT2D eigenvalue weighted by Gasteiger charge is -2.12. The van der Waals surface area contributed by atoms with Crippen LogP contribution in [0.2, 0.25) is 0 Å². The molecule has 138 valence electrons. The van der Waals surface area contributed by atoms with Crippen molar-refractivity contribution in [2.45, 2.75) is 19.1 Å². The predicted molar refractivity (Wildman–Crippen MR) is 99.1 cm³/mol. The lowest BCUT2D eigenvalue weighted by atomic mass is 10.1. The van der Waals surface area contributed by atoms with Gasteiger partial charge in [-0.25, -0.2) is 9.78 Å². The quantitative estimate of drug-likeness (QED) is 0.587. The number of fused-ring (bicyclic) bond motifs is 1.